The lowest BCUT2D eigenvalue weighted by atomic mass is 10.1. The molecule has 2 heterocycles. The molecule has 2 aromatic carbocycles. The Balaban J connectivity index is 1.48. The van der Waals surface area contributed by atoms with Crippen LogP contribution in [0, 0.1) is 0 Å². The van der Waals surface area contributed by atoms with Gasteiger partial charge in [-0.3, -0.25) is 9.59 Å². The molecule has 2 amide bonds. The van der Waals surface area contributed by atoms with E-state index in [4.69, 9.17) is 23.2 Å². The molecule has 1 saturated heterocycles. The maximum Gasteiger partial charge on any atom is 0.255 e. The van der Waals surface area contributed by atoms with Gasteiger partial charge >= 0.3 is 0 Å². The lowest BCUT2D eigenvalue weighted by Crippen LogP contribution is -2.43. The number of carbonyl (C=O) groups excluding carboxylic acids is 3. The molecular formula is C23H22Cl2N4O4. The van der Waals surface area contributed by atoms with E-state index in [0.29, 0.717) is 42.0 Å². The molecule has 3 aromatic rings. The summed E-state index contributed by atoms with van der Waals surface area (Å²) in [5, 5.41) is 13.4. The summed E-state index contributed by atoms with van der Waals surface area (Å²) < 4.78 is 0. The van der Waals surface area contributed by atoms with Gasteiger partial charge in [-0.25, -0.2) is 4.98 Å². The van der Waals surface area contributed by atoms with Gasteiger partial charge in [-0.2, -0.15) is 0 Å². The van der Waals surface area contributed by atoms with E-state index in [2.05, 4.69) is 15.3 Å². The van der Waals surface area contributed by atoms with Crippen LogP contribution in [0.25, 0.3) is 11.0 Å². The zero-order valence-corrected chi connectivity index (χ0v) is 19.2. The second-order valence-corrected chi connectivity index (χ2v) is 8.85. The fourth-order valence-electron chi connectivity index (χ4n) is 4.03. The number of aliphatic hydroxyl groups is 1. The van der Waals surface area contributed by atoms with E-state index in [1.165, 1.54) is 23.1 Å². The molecular weight excluding hydrogens is 467 g/mol. The fourth-order valence-corrected chi connectivity index (χ4v) is 4.45. The van der Waals surface area contributed by atoms with Crippen molar-refractivity contribution >= 4 is 52.3 Å². The molecule has 1 unspecified atom stereocenters. The van der Waals surface area contributed by atoms with Crippen LogP contribution in [0.1, 0.15) is 52.3 Å². The number of carbonyl (C=O) groups is 3. The summed E-state index contributed by atoms with van der Waals surface area (Å²) in [7, 11) is 0. The van der Waals surface area contributed by atoms with Gasteiger partial charge in [-0.1, -0.05) is 23.2 Å². The van der Waals surface area contributed by atoms with Gasteiger partial charge in [-0.15, -0.1) is 0 Å². The number of aldehydes is 1. The van der Waals surface area contributed by atoms with Crippen LogP contribution in [0.5, 0.6) is 0 Å². The molecule has 0 bridgehead atoms. The number of halogens is 2. The first-order chi connectivity index (χ1) is 15.8. The molecule has 1 aromatic heterocycles. The summed E-state index contributed by atoms with van der Waals surface area (Å²) in [4.78, 5) is 45.8. The average molecular weight is 489 g/mol. The third-order valence-corrected chi connectivity index (χ3v) is 6.32. The Morgan fingerprint density at radius 1 is 1.27 bits per heavy atom. The molecule has 172 valence electrons. The van der Waals surface area contributed by atoms with Crippen molar-refractivity contribution in [2.24, 2.45) is 0 Å². The number of aromatic amines is 1. The molecule has 0 radical (unpaired) electrons. The molecule has 10 heteroatoms. The number of aromatic nitrogens is 2. The Bertz CT molecular complexity index is 1230. The summed E-state index contributed by atoms with van der Waals surface area (Å²) in [6.07, 6.45) is 0.417. The third-order valence-electron chi connectivity index (χ3n) is 5.78. The Labute approximate surface area is 199 Å². The van der Waals surface area contributed by atoms with Crippen LogP contribution < -0.4 is 5.32 Å². The number of fused-ring (bicyclic) bond motifs is 1. The topological polar surface area (TPSA) is 115 Å². The first kappa shape index (κ1) is 23.2. The van der Waals surface area contributed by atoms with Crippen molar-refractivity contribution in [2.45, 2.75) is 38.0 Å². The van der Waals surface area contributed by atoms with Crippen molar-refractivity contribution in [3.05, 3.63) is 63.4 Å². The summed E-state index contributed by atoms with van der Waals surface area (Å²) in [6, 6.07) is 8.74. The molecule has 0 saturated carbocycles. The highest BCUT2D eigenvalue weighted by Gasteiger charge is 2.35. The predicted molar refractivity (Wildman–Crippen MR) is 125 cm³/mol. The number of benzene rings is 2. The largest absolute Gasteiger partial charge is 0.383 e. The van der Waals surface area contributed by atoms with Crippen LogP contribution in [0.3, 0.4) is 0 Å². The lowest BCUT2D eigenvalue weighted by Gasteiger charge is -2.26. The van der Waals surface area contributed by atoms with Gasteiger partial charge in [0.2, 0.25) is 0 Å². The number of rotatable bonds is 6. The number of likely N-dealkylation sites (tertiary alicyclic amines) is 1. The minimum atomic E-state index is -1.24. The Morgan fingerprint density at radius 3 is 2.79 bits per heavy atom. The van der Waals surface area contributed by atoms with Crippen molar-refractivity contribution in [3.63, 3.8) is 0 Å². The number of aliphatic hydroxyl groups excluding tert-OH is 1. The normalized spacial score (nSPS) is 17.7. The zero-order valence-electron chi connectivity index (χ0n) is 17.7. The molecule has 8 nitrogen and oxygen atoms in total. The van der Waals surface area contributed by atoms with Crippen molar-refractivity contribution in [3.8, 4) is 0 Å². The van der Waals surface area contributed by atoms with Crippen LogP contribution in [0.15, 0.2) is 36.4 Å². The van der Waals surface area contributed by atoms with E-state index < -0.39 is 18.2 Å². The summed E-state index contributed by atoms with van der Waals surface area (Å²) in [6.45, 7) is 2.22. The van der Waals surface area contributed by atoms with Crippen molar-refractivity contribution in [2.75, 3.05) is 6.54 Å². The molecule has 1 fully saturated rings. The molecule has 3 N–H and O–H groups in total. The minimum Gasteiger partial charge on any atom is -0.383 e. The number of nitrogens with zero attached hydrogens (tertiary/aromatic N) is 2. The number of hydrogen-bond donors (Lipinski definition) is 3. The van der Waals surface area contributed by atoms with Gasteiger partial charge in [0, 0.05) is 17.1 Å². The smallest absolute Gasteiger partial charge is 0.255 e. The van der Waals surface area contributed by atoms with Gasteiger partial charge in [0.1, 0.15) is 11.9 Å². The van der Waals surface area contributed by atoms with Gasteiger partial charge < -0.3 is 25.1 Å². The summed E-state index contributed by atoms with van der Waals surface area (Å²) in [5.41, 5.74) is 2.00. The van der Waals surface area contributed by atoms with Crippen LogP contribution in [0.2, 0.25) is 10.0 Å². The summed E-state index contributed by atoms with van der Waals surface area (Å²) in [5.74, 6) is -0.186. The van der Waals surface area contributed by atoms with Crippen molar-refractivity contribution in [1.29, 1.82) is 0 Å². The number of amides is 2. The van der Waals surface area contributed by atoms with E-state index in [-0.39, 0.29) is 28.0 Å². The average Bonchev–Trinajstić information content (AvgIpc) is 3.45. The number of hydrogen-bond acceptors (Lipinski definition) is 5. The molecule has 0 spiro atoms. The second kappa shape index (κ2) is 9.51. The second-order valence-electron chi connectivity index (χ2n) is 8.01. The number of nitrogens with one attached hydrogen (secondary N) is 2. The minimum absolute atomic E-state index is 0.116. The van der Waals surface area contributed by atoms with Crippen LogP contribution in [-0.2, 0) is 4.79 Å². The van der Waals surface area contributed by atoms with E-state index in [1.807, 2.05) is 6.07 Å². The quantitative estimate of drug-likeness (QED) is 0.459. The lowest BCUT2D eigenvalue weighted by molar-refractivity contribution is -0.117. The maximum absolute atomic E-state index is 12.9. The zero-order chi connectivity index (χ0) is 23.7. The summed E-state index contributed by atoms with van der Waals surface area (Å²) >= 11 is 12.3. The first-order valence-electron chi connectivity index (χ1n) is 10.5. The van der Waals surface area contributed by atoms with Crippen LogP contribution in [0.4, 0.5) is 0 Å². The standard InChI is InChI=1S/C23H22Cl2N4O4/c1-12(21-27-17-7-5-14(24)10-18(17)28-21)26-22(32)13-4-6-15(16(25)9-13)23(33)29-8-2-3-19(29)20(31)11-30/h4-7,9-12,19-20,31H,2-3,8H2,1H3,(H,26,32)(H,27,28)/t12-,19-,20?/m0/s1. The molecule has 1 aliphatic rings. The predicted octanol–water partition coefficient (Wildman–Crippen LogP) is 3.53. The number of imidazole rings is 1. The van der Waals surface area contributed by atoms with Gasteiger partial charge in [0.25, 0.3) is 11.8 Å². The highest BCUT2D eigenvalue weighted by Crippen LogP contribution is 2.26. The van der Waals surface area contributed by atoms with Crippen molar-refractivity contribution < 1.29 is 19.5 Å². The maximum atomic E-state index is 12.9. The SMILES string of the molecule is C[C@H](NC(=O)c1ccc(C(=O)N2CCC[C@H]2C(O)C=O)c(Cl)c1)c1nc2cc(Cl)ccc2[nH]1. The molecule has 1 aliphatic heterocycles. The molecule has 0 aliphatic carbocycles. The van der Waals surface area contributed by atoms with E-state index in [1.54, 1.807) is 19.1 Å². The van der Waals surface area contributed by atoms with E-state index >= 15 is 0 Å². The Hall–Kier alpha value is -2.94. The van der Waals surface area contributed by atoms with Crippen LogP contribution in [-0.4, -0.2) is 56.8 Å². The molecule has 33 heavy (non-hydrogen) atoms. The monoisotopic (exact) mass is 488 g/mol. The van der Waals surface area contributed by atoms with Gasteiger partial charge in [-0.05, 0) is 56.2 Å². The fraction of sp³-hybridized carbons (Fsp3) is 0.304. The Morgan fingerprint density at radius 2 is 2.06 bits per heavy atom. The highest BCUT2D eigenvalue weighted by atomic mass is 35.5. The highest BCUT2D eigenvalue weighted by molar-refractivity contribution is 6.34. The third kappa shape index (κ3) is 4.73. The van der Waals surface area contributed by atoms with Gasteiger partial charge in [0.15, 0.2) is 6.29 Å². The molecule has 4 rings (SSSR count). The Kier molecular flexibility index (Phi) is 6.69. The number of H-pyrrole nitrogens is 1. The van der Waals surface area contributed by atoms with E-state index in [0.717, 1.165) is 5.52 Å². The first-order valence-corrected chi connectivity index (χ1v) is 11.2. The molecule has 3 atom stereocenters. The van der Waals surface area contributed by atoms with Crippen LogP contribution >= 0.6 is 23.2 Å². The van der Waals surface area contributed by atoms with Gasteiger partial charge in [0.05, 0.1) is 33.7 Å². The van der Waals surface area contributed by atoms with Crippen molar-refractivity contribution in [1.82, 2.24) is 20.2 Å². The van der Waals surface area contributed by atoms with E-state index in [9.17, 15) is 19.5 Å².